The van der Waals surface area contributed by atoms with Crippen LogP contribution in [0.1, 0.15) is 12.8 Å². The SMILES string of the molecule is CSCCCCNC/C=C/Cl. The van der Waals surface area contributed by atoms with E-state index in [1.165, 1.54) is 18.6 Å². The van der Waals surface area contributed by atoms with E-state index in [1.54, 1.807) is 5.54 Å². The van der Waals surface area contributed by atoms with E-state index in [1.807, 2.05) is 17.8 Å². The minimum atomic E-state index is 0.892. The monoisotopic (exact) mass is 193 g/mol. The molecule has 0 aliphatic rings. The number of hydrogen-bond acceptors (Lipinski definition) is 2. The van der Waals surface area contributed by atoms with Gasteiger partial charge >= 0.3 is 0 Å². The van der Waals surface area contributed by atoms with Crippen LogP contribution in [0.3, 0.4) is 0 Å². The molecule has 0 rings (SSSR count). The molecule has 66 valence electrons. The largest absolute Gasteiger partial charge is 0.313 e. The lowest BCUT2D eigenvalue weighted by atomic mass is 10.3. The van der Waals surface area contributed by atoms with E-state index in [0.29, 0.717) is 0 Å². The molecule has 0 bridgehead atoms. The first-order valence-electron chi connectivity index (χ1n) is 3.86. The van der Waals surface area contributed by atoms with Gasteiger partial charge in [-0.15, -0.1) is 0 Å². The van der Waals surface area contributed by atoms with Crippen molar-refractivity contribution in [1.82, 2.24) is 5.32 Å². The highest BCUT2D eigenvalue weighted by molar-refractivity contribution is 7.98. The van der Waals surface area contributed by atoms with E-state index in [2.05, 4.69) is 11.6 Å². The van der Waals surface area contributed by atoms with Gasteiger partial charge in [-0.25, -0.2) is 0 Å². The van der Waals surface area contributed by atoms with Crippen LogP contribution in [0, 0.1) is 0 Å². The average Bonchev–Trinajstić information content (AvgIpc) is 2.03. The third-order valence-corrected chi connectivity index (χ3v) is 2.18. The van der Waals surface area contributed by atoms with Crippen LogP contribution in [-0.2, 0) is 0 Å². The third kappa shape index (κ3) is 10.3. The van der Waals surface area contributed by atoms with E-state index < -0.39 is 0 Å². The lowest BCUT2D eigenvalue weighted by Gasteiger charge is -1.99. The Morgan fingerprint density at radius 1 is 1.45 bits per heavy atom. The molecular weight excluding hydrogens is 178 g/mol. The number of nitrogens with one attached hydrogen (secondary N) is 1. The molecule has 1 nitrogen and oxygen atoms in total. The van der Waals surface area contributed by atoms with Gasteiger partial charge in [-0.05, 0) is 31.4 Å². The zero-order chi connectivity index (χ0) is 8.36. The van der Waals surface area contributed by atoms with E-state index in [-0.39, 0.29) is 0 Å². The van der Waals surface area contributed by atoms with Gasteiger partial charge in [0, 0.05) is 12.1 Å². The second-order valence-corrected chi connectivity index (χ2v) is 3.50. The Balaban J connectivity index is 2.79. The second kappa shape index (κ2) is 10.3. The van der Waals surface area contributed by atoms with Crippen molar-refractivity contribution in [3.8, 4) is 0 Å². The molecule has 0 heterocycles. The van der Waals surface area contributed by atoms with Gasteiger partial charge in [0.05, 0.1) is 0 Å². The summed E-state index contributed by atoms with van der Waals surface area (Å²) in [5, 5.41) is 3.26. The van der Waals surface area contributed by atoms with Crippen LogP contribution in [0.4, 0.5) is 0 Å². The van der Waals surface area contributed by atoms with Gasteiger partial charge in [0.2, 0.25) is 0 Å². The lowest BCUT2D eigenvalue weighted by Crippen LogP contribution is -2.14. The molecule has 0 spiro atoms. The van der Waals surface area contributed by atoms with Crippen molar-refractivity contribution < 1.29 is 0 Å². The second-order valence-electron chi connectivity index (χ2n) is 2.27. The average molecular weight is 194 g/mol. The molecule has 1 N–H and O–H groups in total. The Bertz CT molecular complexity index is 96.1. The molecule has 0 atom stereocenters. The normalized spacial score (nSPS) is 11.1. The fourth-order valence-electron chi connectivity index (χ4n) is 0.726. The maximum atomic E-state index is 5.34. The summed E-state index contributed by atoms with van der Waals surface area (Å²) in [4.78, 5) is 0. The molecule has 0 fully saturated rings. The Kier molecular flexibility index (Phi) is 10.7. The number of hydrogen-bond donors (Lipinski definition) is 1. The first kappa shape index (κ1) is 11.3. The van der Waals surface area contributed by atoms with Gasteiger partial charge in [-0.3, -0.25) is 0 Å². The van der Waals surface area contributed by atoms with E-state index in [4.69, 9.17) is 11.6 Å². The molecule has 0 aliphatic carbocycles. The maximum absolute atomic E-state index is 5.34. The Morgan fingerprint density at radius 3 is 2.91 bits per heavy atom. The van der Waals surface area contributed by atoms with Gasteiger partial charge < -0.3 is 5.32 Å². The highest BCUT2D eigenvalue weighted by atomic mass is 35.5. The molecule has 11 heavy (non-hydrogen) atoms. The maximum Gasteiger partial charge on any atom is 0.0146 e. The van der Waals surface area contributed by atoms with Crippen molar-refractivity contribution in [2.75, 3.05) is 25.1 Å². The molecule has 0 radical (unpaired) electrons. The summed E-state index contributed by atoms with van der Waals surface area (Å²) >= 11 is 7.25. The molecule has 0 saturated heterocycles. The Hall–Kier alpha value is 0.340. The van der Waals surface area contributed by atoms with Crippen LogP contribution >= 0.6 is 23.4 Å². The minimum Gasteiger partial charge on any atom is -0.313 e. The number of rotatable bonds is 7. The van der Waals surface area contributed by atoms with Gasteiger partial charge in [0.25, 0.3) is 0 Å². The van der Waals surface area contributed by atoms with Crippen LogP contribution in [0.2, 0.25) is 0 Å². The van der Waals surface area contributed by atoms with Crippen LogP contribution in [-0.4, -0.2) is 25.1 Å². The van der Waals surface area contributed by atoms with Crippen LogP contribution in [0.25, 0.3) is 0 Å². The molecular formula is C8H16ClNS. The van der Waals surface area contributed by atoms with Gasteiger partial charge in [0.15, 0.2) is 0 Å². The molecule has 0 aliphatic heterocycles. The van der Waals surface area contributed by atoms with Crippen molar-refractivity contribution in [3.05, 3.63) is 11.6 Å². The van der Waals surface area contributed by atoms with E-state index in [0.717, 1.165) is 13.1 Å². The van der Waals surface area contributed by atoms with Gasteiger partial charge in [-0.2, -0.15) is 11.8 Å². The quantitative estimate of drug-likeness (QED) is 0.624. The molecule has 0 saturated carbocycles. The number of unbranched alkanes of at least 4 members (excludes halogenated alkanes) is 1. The Labute approximate surface area is 78.6 Å². The number of thioether (sulfide) groups is 1. The first-order valence-corrected chi connectivity index (χ1v) is 5.69. The summed E-state index contributed by atoms with van der Waals surface area (Å²) in [6, 6.07) is 0. The van der Waals surface area contributed by atoms with Crippen LogP contribution in [0.5, 0.6) is 0 Å². The molecule has 3 heteroatoms. The molecule has 0 aromatic heterocycles. The Morgan fingerprint density at radius 2 is 2.27 bits per heavy atom. The number of halogens is 1. The van der Waals surface area contributed by atoms with E-state index in [9.17, 15) is 0 Å². The molecule has 0 aromatic rings. The summed E-state index contributed by atoms with van der Waals surface area (Å²) < 4.78 is 0. The van der Waals surface area contributed by atoms with Crippen molar-refractivity contribution in [2.24, 2.45) is 0 Å². The first-order chi connectivity index (χ1) is 5.41. The smallest absolute Gasteiger partial charge is 0.0146 e. The summed E-state index contributed by atoms with van der Waals surface area (Å²) in [6.07, 6.45) is 6.62. The van der Waals surface area contributed by atoms with Gasteiger partial charge in [0.1, 0.15) is 0 Å². The summed E-state index contributed by atoms with van der Waals surface area (Å²) in [5.41, 5.74) is 1.55. The van der Waals surface area contributed by atoms with Crippen molar-refractivity contribution in [3.63, 3.8) is 0 Å². The van der Waals surface area contributed by atoms with Crippen LogP contribution in [0.15, 0.2) is 11.6 Å². The predicted molar refractivity (Wildman–Crippen MR) is 55.5 cm³/mol. The fraction of sp³-hybridized carbons (Fsp3) is 0.750. The summed E-state index contributed by atoms with van der Waals surface area (Å²) in [6.45, 7) is 1.99. The van der Waals surface area contributed by atoms with E-state index >= 15 is 0 Å². The third-order valence-electron chi connectivity index (χ3n) is 1.30. The zero-order valence-corrected chi connectivity index (χ0v) is 8.55. The standard InChI is InChI=1S/C8H16ClNS/c1-11-8-3-2-6-10-7-4-5-9/h4-5,10H,2-3,6-8H2,1H3/b5-4+. The lowest BCUT2D eigenvalue weighted by molar-refractivity contribution is 0.685. The van der Waals surface area contributed by atoms with Crippen molar-refractivity contribution in [1.29, 1.82) is 0 Å². The topological polar surface area (TPSA) is 12.0 Å². The van der Waals surface area contributed by atoms with Crippen molar-refractivity contribution >= 4 is 23.4 Å². The fourth-order valence-corrected chi connectivity index (χ4v) is 1.31. The summed E-state index contributed by atoms with van der Waals surface area (Å²) in [7, 11) is 0. The van der Waals surface area contributed by atoms with Crippen molar-refractivity contribution in [2.45, 2.75) is 12.8 Å². The zero-order valence-electron chi connectivity index (χ0n) is 6.98. The molecule has 0 aromatic carbocycles. The summed E-state index contributed by atoms with van der Waals surface area (Å²) in [5.74, 6) is 1.27. The highest BCUT2D eigenvalue weighted by Crippen LogP contribution is 1.97. The molecule has 0 amide bonds. The predicted octanol–water partition coefficient (Wildman–Crippen LogP) is 2.47. The minimum absolute atomic E-state index is 0.892. The van der Waals surface area contributed by atoms with Gasteiger partial charge in [-0.1, -0.05) is 17.7 Å². The van der Waals surface area contributed by atoms with Crippen LogP contribution < -0.4 is 5.32 Å². The molecule has 0 unspecified atom stereocenters. The highest BCUT2D eigenvalue weighted by Gasteiger charge is 1.85.